The van der Waals surface area contributed by atoms with Crippen molar-refractivity contribution in [3.05, 3.63) is 53.6 Å². The maximum atomic E-state index is 13.1. The SMILES string of the molecule is CC(=O)Cc1ccc(-c2ccc(N)cc2C(F)(F)F)cc1. The van der Waals surface area contributed by atoms with Crippen LogP contribution in [0, 0.1) is 0 Å². The Morgan fingerprint density at radius 2 is 1.71 bits per heavy atom. The second-order valence-electron chi connectivity index (χ2n) is 4.88. The predicted octanol–water partition coefficient (Wildman–Crippen LogP) is 4.09. The van der Waals surface area contributed by atoms with E-state index in [0.717, 1.165) is 11.6 Å². The lowest BCUT2D eigenvalue weighted by molar-refractivity contribution is -0.137. The summed E-state index contributed by atoms with van der Waals surface area (Å²) < 4.78 is 39.2. The van der Waals surface area contributed by atoms with E-state index in [2.05, 4.69) is 0 Å². The number of halogens is 3. The minimum absolute atomic E-state index is 0.00575. The first-order valence-electron chi connectivity index (χ1n) is 6.33. The van der Waals surface area contributed by atoms with Crippen molar-refractivity contribution in [2.75, 3.05) is 5.73 Å². The van der Waals surface area contributed by atoms with Crippen LogP contribution >= 0.6 is 0 Å². The molecule has 2 aromatic rings. The lowest BCUT2D eigenvalue weighted by atomic mass is 9.97. The highest BCUT2D eigenvalue weighted by Crippen LogP contribution is 2.38. The molecular weight excluding hydrogens is 279 g/mol. The zero-order valence-electron chi connectivity index (χ0n) is 11.4. The summed E-state index contributed by atoms with van der Waals surface area (Å²) in [6.45, 7) is 1.47. The monoisotopic (exact) mass is 293 g/mol. The lowest BCUT2D eigenvalue weighted by Gasteiger charge is -2.14. The van der Waals surface area contributed by atoms with Gasteiger partial charge in [-0.3, -0.25) is 4.79 Å². The van der Waals surface area contributed by atoms with Crippen molar-refractivity contribution in [3.8, 4) is 11.1 Å². The molecule has 2 N–H and O–H groups in total. The lowest BCUT2D eigenvalue weighted by Crippen LogP contribution is -2.08. The molecule has 0 aromatic heterocycles. The highest BCUT2D eigenvalue weighted by molar-refractivity contribution is 5.78. The second kappa shape index (κ2) is 5.60. The first-order valence-corrected chi connectivity index (χ1v) is 6.33. The van der Waals surface area contributed by atoms with Gasteiger partial charge in [0.1, 0.15) is 5.78 Å². The average Bonchev–Trinajstić information content (AvgIpc) is 2.38. The molecule has 2 aromatic carbocycles. The minimum Gasteiger partial charge on any atom is -0.399 e. The van der Waals surface area contributed by atoms with Crippen LogP contribution in [0.3, 0.4) is 0 Å². The van der Waals surface area contributed by atoms with Crippen LogP contribution in [0.1, 0.15) is 18.1 Å². The maximum Gasteiger partial charge on any atom is 0.417 e. The highest BCUT2D eigenvalue weighted by Gasteiger charge is 2.33. The Morgan fingerprint density at radius 3 is 2.24 bits per heavy atom. The van der Waals surface area contributed by atoms with E-state index in [9.17, 15) is 18.0 Å². The first-order chi connectivity index (χ1) is 9.77. The minimum atomic E-state index is -4.47. The number of rotatable bonds is 3. The number of Topliss-reactive ketones (excluding diaryl/α,β-unsaturated/α-hetero) is 1. The summed E-state index contributed by atoms with van der Waals surface area (Å²) in [6, 6.07) is 10.2. The van der Waals surface area contributed by atoms with Crippen LogP contribution in [0.2, 0.25) is 0 Å². The van der Waals surface area contributed by atoms with Gasteiger partial charge in [-0.25, -0.2) is 0 Å². The van der Waals surface area contributed by atoms with E-state index in [1.54, 1.807) is 24.3 Å². The molecule has 0 fully saturated rings. The van der Waals surface area contributed by atoms with Crippen molar-refractivity contribution in [2.24, 2.45) is 0 Å². The summed E-state index contributed by atoms with van der Waals surface area (Å²) in [4.78, 5) is 11.0. The molecule has 0 bridgehead atoms. The van der Waals surface area contributed by atoms with E-state index in [0.29, 0.717) is 5.56 Å². The first kappa shape index (κ1) is 15.1. The van der Waals surface area contributed by atoms with E-state index in [1.807, 2.05) is 0 Å². The zero-order valence-corrected chi connectivity index (χ0v) is 11.4. The molecule has 0 saturated carbocycles. The fraction of sp³-hybridized carbons (Fsp3) is 0.188. The summed E-state index contributed by atoms with van der Waals surface area (Å²) in [5.74, 6) is 0.00575. The largest absolute Gasteiger partial charge is 0.417 e. The Bertz CT molecular complexity index is 660. The number of ketones is 1. The molecular formula is C16H14F3NO. The van der Waals surface area contributed by atoms with Crippen molar-refractivity contribution in [3.63, 3.8) is 0 Å². The summed E-state index contributed by atoms with van der Waals surface area (Å²) in [6.07, 6.45) is -4.20. The Labute approximate surface area is 120 Å². The van der Waals surface area contributed by atoms with Gasteiger partial charge >= 0.3 is 6.18 Å². The number of nitrogen functional groups attached to an aromatic ring is 1. The zero-order chi connectivity index (χ0) is 15.6. The Kier molecular flexibility index (Phi) is 4.02. The van der Waals surface area contributed by atoms with Gasteiger partial charge in [0.2, 0.25) is 0 Å². The van der Waals surface area contributed by atoms with E-state index in [4.69, 9.17) is 5.73 Å². The predicted molar refractivity (Wildman–Crippen MR) is 75.7 cm³/mol. The molecule has 5 heteroatoms. The van der Waals surface area contributed by atoms with Gasteiger partial charge in [-0.15, -0.1) is 0 Å². The van der Waals surface area contributed by atoms with Crippen LogP contribution in [0.15, 0.2) is 42.5 Å². The number of alkyl halides is 3. The number of hydrogen-bond donors (Lipinski definition) is 1. The van der Waals surface area contributed by atoms with Gasteiger partial charge in [0.05, 0.1) is 5.56 Å². The normalized spacial score (nSPS) is 11.4. The fourth-order valence-corrected chi connectivity index (χ4v) is 2.14. The van der Waals surface area contributed by atoms with Crippen molar-refractivity contribution < 1.29 is 18.0 Å². The van der Waals surface area contributed by atoms with Gasteiger partial charge in [-0.05, 0) is 35.7 Å². The van der Waals surface area contributed by atoms with Crippen LogP contribution in [0.5, 0.6) is 0 Å². The number of benzene rings is 2. The quantitative estimate of drug-likeness (QED) is 0.866. The summed E-state index contributed by atoms with van der Waals surface area (Å²) in [7, 11) is 0. The molecule has 0 amide bonds. The van der Waals surface area contributed by atoms with Gasteiger partial charge in [-0.2, -0.15) is 13.2 Å². The molecule has 2 nitrogen and oxygen atoms in total. The number of anilines is 1. The molecule has 0 spiro atoms. The molecule has 0 radical (unpaired) electrons. The van der Waals surface area contributed by atoms with Crippen molar-refractivity contribution in [2.45, 2.75) is 19.5 Å². The van der Waals surface area contributed by atoms with E-state index in [-0.39, 0.29) is 23.5 Å². The second-order valence-corrected chi connectivity index (χ2v) is 4.88. The number of nitrogens with two attached hydrogens (primary N) is 1. The van der Waals surface area contributed by atoms with Gasteiger partial charge in [-0.1, -0.05) is 30.3 Å². The molecule has 0 heterocycles. The average molecular weight is 293 g/mol. The summed E-state index contributed by atoms with van der Waals surface area (Å²) in [5.41, 5.74) is 6.04. The number of carbonyl (C=O) groups is 1. The van der Waals surface area contributed by atoms with Crippen molar-refractivity contribution in [1.29, 1.82) is 0 Å². The highest BCUT2D eigenvalue weighted by atomic mass is 19.4. The Hall–Kier alpha value is -2.30. The van der Waals surface area contributed by atoms with Crippen LogP contribution in [-0.4, -0.2) is 5.78 Å². The van der Waals surface area contributed by atoms with E-state index >= 15 is 0 Å². The van der Waals surface area contributed by atoms with Crippen LogP contribution in [0.4, 0.5) is 18.9 Å². The van der Waals surface area contributed by atoms with Crippen LogP contribution < -0.4 is 5.73 Å². The summed E-state index contributed by atoms with van der Waals surface area (Å²) in [5, 5.41) is 0. The smallest absolute Gasteiger partial charge is 0.399 e. The molecule has 21 heavy (non-hydrogen) atoms. The molecule has 0 aliphatic carbocycles. The molecule has 0 unspecified atom stereocenters. The summed E-state index contributed by atoms with van der Waals surface area (Å²) >= 11 is 0. The Balaban J connectivity index is 2.44. The molecule has 0 aliphatic rings. The molecule has 0 saturated heterocycles. The molecule has 0 aliphatic heterocycles. The van der Waals surface area contributed by atoms with Gasteiger partial charge in [0, 0.05) is 12.1 Å². The molecule has 110 valence electrons. The third-order valence-electron chi connectivity index (χ3n) is 3.07. The topological polar surface area (TPSA) is 43.1 Å². The van der Waals surface area contributed by atoms with Gasteiger partial charge in [0.25, 0.3) is 0 Å². The van der Waals surface area contributed by atoms with Crippen LogP contribution in [0.25, 0.3) is 11.1 Å². The third kappa shape index (κ3) is 3.62. The fourth-order valence-electron chi connectivity index (χ4n) is 2.14. The van der Waals surface area contributed by atoms with Gasteiger partial charge in [0.15, 0.2) is 0 Å². The van der Waals surface area contributed by atoms with Crippen molar-refractivity contribution in [1.82, 2.24) is 0 Å². The number of carbonyl (C=O) groups excluding carboxylic acids is 1. The third-order valence-corrected chi connectivity index (χ3v) is 3.07. The van der Waals surface area contributed by atoms with E-state index in [1.165, 1.54) is 19.1 Å². The number of hydrogen-bond acceptors (Lipinski definition) is 2. The van der Waals surface area contributed by atoms with E-state index < -0.39 is 11.7 Å². The standard InChI is InChI=1S/C16H14F3NO/c1-10(21)8-11-2-4-12(5-3-11)14-7-6-13(20)9-15(14)16(17,18)19/h2-7,9H,8,20H2,1H3. The Morgan fingerprint density at radius 1 is 1.10 bits per heavy atom. The maximum absolute atomic E-state index is 13.1. The molecule has 2 rings (SSSR count). The van der Waals surface area contributed by atoms with Gasteiger partial charge < -0.3 is 5.73 Å². The van der Waals surface area contributed by atoms with Crippen LogP contribution in [-0.2, 0) is 17.4 Å². The molecule has 0 atom stereocenters. The van der Waals surface area contributed by atoms with Crippen molar-refractivity contribution >= 4 is 11.5 Å².